The van der Waals surface area contributed by atoms with Crippen LogP contribution in [0.3, 0.4) is 0 Å². The highest BCUT2D eigenvalue weighted by Gasteiger charge is 2.21. The fourth-order valence-electron chi connectivity index (χ4n) is 3.21. The maximum atomic E-state index is 12.9. The monoisotopic (exact) mass is 411 g/mol. The van der Waals surface area contributed by atoms with Gasteiger partial charge in [-0.3, -0.25) is 9.59 Å². The van der Waals surface area contributed by atoms with Crippen molar-refractivity contribution in [2.75, 3.05) is 20.3 Å². The molecular formula is C23H25NO4S. The third-order valence-corrected chi connectivity index (χ3v) is 5.42. The topological polar surface area (TPSA) is 64.6 Å². The van der Waals surface area contributed by atoms with Crippen molar-refractivity contribution < 1.29 is 19.1 Å². The first-order valence-electron chi connectivity index (χ1n) is 9.67. The second kappa shape index (κ2) is 10.1. The molecule has 2 aromatic rings. The number of benzene rings is 1. The number of ketones is 1. The van der Waals surface area contributed by atoms with Gasteiger partial charge in [-0.1, -0.05) is 12.1 Å². The molecule has 0 radical (unpaired) electrons. The zero-order chi connectivity index (χ0) is 20.6. The van der Waals surface area contributed by atoms with Gasteiger partial charge in [0.05, 0.1) is 7.11 Å². The van der Waals surface area contributed by atoms with E-state index in [2.05, 4.69) is 5.32 Å². The van der Waals surface area contributed by atoms with Crippen molar-refractivity contribution in [2.24, 2.45) is 0 Å². The summed E-state index contributed by atoms with van der Waals surface area (Å²) in [7, 11) is 1.55. The van der Waals surface area contributed by atoms with Gasteiger partial charge in [-0.15, -0.1) is 11.3 Å². The molecule has 1 aromatic heterocycles. The van der Waals surface area contributed by atoms with Gasteiger partial charge in [0.15, 0.2) is 23.9 Å². The van der Waals surface area contributed by atoms with Gasteiger partial charge in [0.2, 0.25) is 0 Å². The Labute approximate surface area is 175 Å². The standard InChI is InChI=1S/C23H25NO4S/c1-3-24-22(25)15-28-20-10-9-16(13-21(20)27-2)12-17-6-4-7-18(23(17)26)14-19-8-5-11-29-19/h5,8-14H,3-4,6-7,15H2,1-2H3,(H,24,25)/b17-12+,18-14-. The molecule has 0 saturated heterocycles. The first kappa shape index (κ1) is 20.9. The second-order valence-electron chi connectivity index (χ2n) is 6.69. The van der Waals surface area contributed by atoms with E-state index in [1.54, 1.807) is 24.5 Å². The summed E-state index contributed by atoms with van der Waals surface area (Å²) in [5.74, 6) is 0.953. The minimum Gasteiger partial charge on any atom is -0.493 e. The van der Waals surface area contributed by atoms with Gasteiger partial charge in [0, 0.05) is 22.6 Å². The van der Waals surface area contributed by atoms with Crippen molar-refractivity contribution in [3.05, 3.63) is 57.3 Å². The van der Waals surface area contributed by atoms with Crippen LogP contribution in [-0.4, -0.2) is 32.0 Å². The average molecular weight is 412 g/mol. The lowest BCUT2D eigenvalue weighted by Crippen LogP contribution is -2.28. The predicted octanol–water partition coefficient (Wildman–Crippen LogP) is 4.49. The number of allylic oxidation sites excluding steroid dienone is 2. The molecule has 1 N–H and O–H groups in total. The number of carbonyl (C=O) groups excluding carboxylic acids is 2. The van der Waals surface area contributed by atoms with E-state index in [1.165, 1.54) is 0 Å². The molecule has 1 aliphatic carbocycles. The quantitative estimate of drug-likeness (QED) is 0.682. The Morgan fingerprint density at radius 2 is 1.97 bits per heavy atom. The molecule has 1 saturated carbocycles. The third-order valence-electron chi connectivity index (χ3n) is 4.60. The minimum atomic E-state index is -0.182. The Hall–Kier alpha value is -2.86. The van der Waals surface area contributed by atoms with Gasteiger partial charge in [-0.2, -0.15) is 0 Å². The zero-order valence-corrected chi connectivity index (χ0v) is 17.5. The number of amides is 1. The summed E-state index contributed by atoms with van der Waals surface area (Å²) < 4.78 is 11.0. The maximum absolute atomic E-state index is 12.9. The Morgan fingerprint density at radius 3 is 2.66 bits per heavy atom. The summed E-state index contributed by atoms with van der Waals surface area (Å²) in [6.45, 7) is 2.34. The first-order valence-corrected chi connectivity index (χ1v) is 10.6. The van der Waals surface area contributed by atoms with Crippen LogP contribution < -0.4 is 14.8 Å². The van der Waals surface area contributed by atoms with Gasteiger partial charge in [0.25, 0.3) is 5.91 Å². The van der Waals surface area contributed by atoms with Gasteiger partial charge >= 0.3 is 0 Å². The normalized spacial score (nSPS) is 16.8. The molecule has 1 fully saturated rings. The first-order chi connectivity index (χ1) is 14.1. The van der Waals surface area contributed by atoms with E-state index >= 15 is 0 Å². The van der Waals surface area contributed by atoms with Gasteiger partial charge in [-0.05, 0) is 67.5 Å². The van der Waals surface area contributed by atoms with E-state index in [1.807, 2.05) is 48.7 Å². The lowest BCUT2D eigenvalue weighted by Gasteiger charge is -2.17. The van der Waals surface area contributed by atoms with E-state index in [9.17, 15) is 9.59 Å². The van der Waals surface area contributed by atoms with E-state index in [-0.39, 0.29) is 18.3 Å². The molecule has 1 heterocycles. The number of thiophene rings is 1. The highest BCUT2D eigenvalue weighted by atomic mass is 32.1. The lowest BCUT2D eigenvalue weighted by molar-refractivity contribution is -0.123. The number of Topliss-reactive ketones (excluding diaryl/α,β-unsaturated/α-hetero) is 1. The number of hydrogen-bond donors (Lipinski definition) is 1. The summed E-state index contributed by atoms with van der Waals surface area (Å²) in [6, 6.07) is 9.47. The van der Waals surface area contributed by atoms with Gasteiger partial charge < -0.3 is 14.8 Å². The number of nitrogens with one attached hydrogen (secondary N) is 1. The molecule has 29 heavy (non-hydrogen) atoms. The highest BCUT2D eigenvalue weighted by molar-refractivity contribution is 7.10. The fraction of sp³-hybridized carbons (Fsp3) is 0.304. The summed E-state index contributed by atoms with van der Waals surface area (Å²) in [5, 5.41) is 4.70. The Kier molecular flexibility index (Phi) is 7.25. The van der Waals surface area contributed by atoms with Crippen LogP contribution in [0.15, 0.2) is 46.9 Å². The van der Waals surface area contributed by atoms with E-state index in [0.717, 1.165) is 40.8 Å². The molecule has 0 spiro atoms. The smallest absolute Gasteiger partial charge is 0.257 e. The molecule has 0 aliphatic heterocycles. The van der Waals surface area contributed by atoms with E-state index < -0.39 is 0 Å². The van der Waals surface area contributed by atoms with Crippen LogP contribution >= 0.6 is 11.3 Å². The minimum absolute atomic E-state index is 0.0694. The van der Waals surface area contributed by atoms with Crippen molar-refractivity contribution in [1.82, 2.24) is 5.32 Å². The summed E-state index contributed by atoms with van der Waals surface area (Å²) in [5.41, 5.74) is 2.53. The van der Waals surface area contributed by atoms with Gasteiger partial charge in [0.1, 0.15) is 0 Å². The number of methoxy groups -OCH3 is 1. The van der Waals surface area contributed by atoms with Crippen molar-refractivity contribution >= 4 is 35.2 Å². The number of rotatable bonds is 7. The van der Waals surface area contributed by atoms with Crippen molar-refractivity contribution in [3.63, 3.8) is 0 Å². The van der Waals surface area contributed by atoms with Gasteiger partial charge in [-0.25, -0.2) is 0 Å². The fourth-order valence-corrected chi connectivity index (χ4v) is 3.89. The molecule has 1 aliphatic rings. The third kappa shape index (κ3) is 5.57. The van der Waals surface area contributed by atoms with Crippen LogP contribution in [0.1, 0.15) is 36.6 Å². The van der Waals surface area contributed by atoms with Crippen LogP contribution in [-0.2, 0) is 9.59 Å². The Bertz CT molecular complexity index is 928. The number of carbonyl (C=O) groups is 2. The molecule has 1 aromatic carbocycles. The largest absolute Gasteiger partial charge is 0.493 e. The molecule has 3 rings (SSSR count). The summed E-state index contributed by atoms with van der Waals surface area (Å²) >= 11 is 1.63. The molecular weight excluding hydrogens is 386 g/mol. The molecule has 1 amide bonds. The molecule has 0 bridgehead atoms. The molecule has 152 valence electrons. The van der Waals surface area contributed by atoms with Crippen LogP contribution in [0, 0.1) is 0 Å². The molecule has 6 heteroatoms. The number of hydrogen-bond acceptors (Lipinski definition) is 5. The lowest BCUT2D eigenvalue weighted by atomic mass is 9.87. The molecule has 0 atom stereocenters. The number of likely N-dealkylation sites (N-methyl/N-ethyl adjacent to an activating group) is 1. The highest BCUT2D eigenvalue weighted by Crippen LogP contribution is 2.32. The Balaban J connectivity index is 1.76. The maximum Gasteiger partial charge on any atom is 0.257 e. The molecule has 0 unspecified atom stereocenters. The predicted molar refractivity (Wildman–Crippen MR) is 116 cm³/mol. The number of ether oxygens (including phenoxy) is 2. The van der Waals surface area contributed by atoms with Crippen molar-refractivity contribution in [1.29, 1.82) is 0 Å². The van der Waals surface area contributed by atoms with E-state index in [4.69, 9.17) is 9.47 Å². The van der Waals surface area contributed by atoms with Crippen LogP contribution in [0.5, 0.6) is 11.5 Å². The second-order valence-corrected chi connectivity index (χ2v) is 7.67. The van der Waals surface area contributed by atoms with Crippen LogP contribution in [0.25, 0.3) is 12.2 Å². The molecule has 5 nitrogen and oxygen atoms in total. The SMILES string of the molecule is CCNC(=O)COc1ccc(/C=C2\CCC/C(=C/c3cccs3)C2=O)cc1OC. The zero-order valence-electron chi connectivity index (χ0n) is 16.7. The average Bonchev–Trinajstić information content (AvgIpc) is 3.23. The summed E-state index contributed by atoms with van der Waals surface area (Å²) in [6.07, 6.45) is 6.45. The van der Waals surface area contributed by atoms with Crippen molar-refractivity contribution in [3.8, 4) is 11.5 Å². The van der Waals surface area contributed by atoms with Crippen LogP contribution in [0.4, 0.5) is 0 Å². The van der Waals surface area contributed by atoms with E-state index in [0.29, 0.717) is 18.0 Å². The van der Waals surface area contributed by atoms with Crippen LogP contribution in [0.2, 0.25) is 0 Å². The Morgan fingerprint density at radius 1 is 1.17 bits per heavy atom. The van der Waals surface area contributed by atoms with Crippen molar-refractivity contribution in [2.45, 2.75) is 26.2 Å². The summed E-state index contributed by atoms with van der Waals surface area (Å²) in [4.78, 5) is 25.6.